The molecule has 1 aromatic carbocycles. The summed E-state index contributed by atoms with van der Waals surface area (Å²) in [5.74, 6) is 0.246. The summed E-state index contributed by atoms with van der Waals surface area (Å²) in [5.41, 5.74) is 3.61. The van der Waals surface area contributed by atoms with E-state index in [9.17, 15) is 4.79 Å². The Labute approximate surface area is 145 Å². The Bertz CT molecular complexity index is 828. The minimum atomic E-state index is -0.217. The number of hydrogen-bond donors (Lipinski definition) is 1. The second-order valence-corrected chi connectivity index (χ2v) is 5.73. The molecule has 0 saturated carbocycles. The first kappa shape index (κ1) is 16.1. The van der Waals surface area contributed by atoms with E-state index in [1.807, 2.05) is 24.4 Å². The number of carbonyl (C=O) groups excluding carboxylic acids is 1. The number of hydrogen-bond acceptors (Lipinski definition) is 3. The van der Waals surface area contributed by atoms with Crippen molar-refractivity contribution in [2.24, 2.45) is 0 Å². The Balaban J connectivity index is 1.73. The predicted molar refractivity (Wildman–Crippen MR) is 96.3 cm³/mol. The van der Waals surface area contributed by atoms with Gasteiger partial charge >= 0.3 is 0 Å². The van der Waals surface area contributed by atoms with Crippen LogP contribution in [-0.2, 0) is 6.42 Å². The maximum absolute atomic E-state index is 12.2. The number of benzene rings is 1. The number of aryl methyl sites for hydroxylation is 1. The lowest BCUT2D eigenvalue weighted by molar-refractivity contribution is 0.102. The SMILES string of the molecule is CCc1ccc(-c2ccc(C(=O)Nc3ccc(Cl)cn3)cc2)nc1. The van der Waals surface area contributed by atoms with Crippen molar-refractivity contribution >= 4 is 23.3 Å². The molecule has 0 fully saturated rings. The molecule has 0 saturated heterocycles. The van der Waals surface area contributed by atoms with E-state index in [4.69, 9.17) is 11.6 Å². The number of nitrogens with zero attached hydrogens (tertiary/aromatic N) is 2. The molecule has 0 aliphatic heterocycles. The minimum Gasteiger partial charge on any atom is -0.307 e. The number of aromatic nitrogens is 2. The zero-order chi connectivity index (χ0) is 16.9. The van der Waals surface area contributed by atoms with E-state index in [0.29, 0.717) is 16.4 Å². The van der Waals surface area contributed by atoms with Crippen molar-refractivity contribution in [3.05, 3.63) is 77.1 Å². The van der Waals surface area contributed by atoms with E-state index < -0.39 is 0 Å². The van der Waals surface area contributed by atoms with Crippen LogP contribution < -0.4 is 5.32 Å². The number of halogens is 1. The standard InChI is InChI=1S/C19H16ClN3O/c1-2-13-3-9-17(21-11-13)14-4-6-15(7-5-14)19(24)23-18-10-8-16(20)12-22-18/h3-12H,2H2,1H3,(H,22,23,24). The molecule has 0 aliphatic carbocycles. The summed E-state index contributed by atoms with van der Waals surface area (Å²) < 4.78 is 0. The summed E-state index contributed by atoms with van der Waals surface area (Å²) in [4.78, 5) is 20.7. The van der Waals surface area contributed by atoms with Crippen molar-refractivity contribution in [2.45, 2.75) is 13.3 Å². The van der Waals surface area contributed by atoms with E-state index in [-0.39, 0.29) is 5.91 Å². The van der Waals surface area contributed by atoms with E-state index in [1.165, 1.54) is 11.8 Å². The van der Waals surface area contributed by atoms with E-state index >= 15 is 0 Å². The first-order valence-corrected chi connectivity index (χ1v) is 8.02. The van der Waals surface area contributed by atoms with Crippen LogP contribution in [0, 0.1) is 0 Å². The van der Waals surface area contributed by atoms with Gasteiger partial charge in [-0.15, -0.1) is 0 Å². The number of carbonyl (C=O) groups is 1. The van der Waals surface area contributed by atoms with Gasteiger partial charge in [0.15, 0.2) is 0 Å². The van der Waals surface area contributed by atoms with Gasteiger partial charge in [0, 0.05) is 23.5 Å². The van der Waals surface area contributed by atoms with Gasteiger partial charge in [0.2, 0.25) is 0 Å². The molecule has 4 nitrogen and oxygen atoms in total. The van der Waals surface area contributed by atoms with E-state index in [0.717, 1.165) is 17.7 Å². The molecular formula is C19H16ClN3O. The van der Waals surface area contributed by atoms with Crippen molar-refractivity contribution < 1.29 is 4.79 Å². The summed E-state index contributed by atoms with van der Waals surface area (Å²) in [6.45, 7) is 2.10. The number of nitrogens with one attached hydrogen (secondary N) is 1. The predicted octanol–water partition coefficient (Wildman–Crippen LogP) is 4.61. The molecule has 2 heterocycles. The van der Waals surface area contributed by atoms with Crippen molar-refractivity contribution in [3.8, 4) is 11.3 Å². The number of rotatable bonds is 4. The summed E-state index contributed by atoms with van der Waals surface area (Å²) in [6.07, 6.45) is 4.33. The molecule has 0 radical (unpaired) electrons. The van der Waals surface area contributed by atoms with Gasteiger partial charge in [0.05, 0.1) is 10.7 Å². The average molecular weight is 338 g/mol. The number of amides is 1. The summed E-state index contributed by atoms with van der Waals surface area (Å²) in [5, 5.41) is 3.26. The van der Waals surface area contributed by atoms with E-state index in [1.54, 1.807) is 24.3 Å². The number of anilines is 1. The third-order valence-electron chi connectivity index (χ3n) is 3.64. The first-order valence-electron chi connectivity index (χ1n) is 7.64. The molecular weight excluding hydrogens is 322 g/mol. The second kappa shape index (κ2) is 7.23. The summed E-state index contributed by atoms with van der Waals surface area (Å²) in [7, 11) is 0. The Morgan fingerprint density at radius 2 is 1.79 bits per heavy atom. The molecule has 0 atom stereocenters. The smallest absolute Gasteiger partial charge is 0.256 e. The zero-order valence-corrected chi connectivity index (χ0v) is 13.9. The number of pyridine rings is 2. The molecule has 1 N–H and O–H groups in total. The van der Waals surface area contributed by atoms with Gasteiger partial charge in [-0.05, 0) is 42.3 Å². The first-order chi connectivity index (χ1) is 11.7. The highest BCUT2D eigenvalue weighted by Gasteiger charge is 2.08. The Kier molecular flexibility index (Phi) is 4.87. The van der Waals surface area contributed by atoms with Gasteiger partial charge in [0.25, 0.3) is 5.91 Å². The van der Waals surface area contributed by atoms with Crippen molar-refractivity contribution in [3.63, 3.8) is 0 Å². The molecule has 1 amide bonds. The van der Waals surface area contributed by atoms with Gasteiger partial charge < -0.3 is 5.32 Å². The molecule has 120 valence electrons. The lowest BCUT2D eigenvalue weighted by atomic mass is 10.1. The summed E-state index contributed by atoms with van der Waals surface area (Å²) in [6, 6.07) is 14.7. The van der Waals surface area contributed by atoms with Gasteiger partial charge in [-0.25, -0.2) is 4.98 Å². The second-order valence-electron chi connectivity index (χ2n) is 5.30. The van der Waals surface area contributed by atoms with Gasteiger partial charge in [-0.3, -0.25) is 9.78 Å². The summed E-state index contributed by atoms with van der Waals surface area (Å²) >= 11 is 5.78. The fourth-order valence-electron chi connectivity index (χ4n) is 2.24. The third-order valence-corrected chi connectivity index (χ3v) is 3.87. The van der Waals surface area contributed by atoms with Crippen LogP contribution in [0.5, 0.6) is 0 Å². The highest BCUT2D eigenvalue weighted by Crippen LogP contribution is 2.18. The topological polar surface area (TPSA) is 54.9 Å². The van der Waals surface area contributed by atoms with Crippen LogP contribution in [-0.4, -0.2) is 15.9 Å². The quantitative estimate of drug-likeness (QED) is 0.756. The largest absolute Gasteiger partial charge is 0.307 e. The molecule has 3 rings (SSSR count). The Morgan fingerprint density at radius 1 is 1.00 bits per heavy atom. The molecule has 0 unspecified atom stereocenters. The van der Waals surface area contributed by atoms with Crippen molar-refractivity contribution in [2.75, 3.05) is 5.32 Å². The highest BCUT2D eigenvalue weighted by atomic mass is 35.5. The van der Waals surface area contributed by atoms with Crippen molar-refractivity contribution in [1.29, 1.82) is 0 Å². The average Bonchev–Trinajstić information content (AvgIpc) is 2.64. The molecule has 0 bridgehead atoms. The molecule has 0 aliphatic rings. The van der Waals surface area contributed by atoms with Gasteiger partial charge in [0.1, 0.15) is 5.82 Å². The van der Waals surface area contributed by atoms with Gasteiger partial charge in [-0.1, -0.05) is 36.7 Å². The van der Waals surface area contributed by atoms with Crippen LogP contribution in [0.25, 0.3) is 11.3 Å². The van der Waals surface area contributed by atoms with Crippen LogP contribution in [0.4, 0.5) is 5.82 Å². The zero-order valence-electron chi connectivity index (χ0n) is 13.2. The maximum Gasteiger partial charge on any atom is 0.256 e. The molecule has 5 heteroatoms. The third kappa shape index (κ3) is 3.78. The fourth-order valence-corrected chi connectivity index (χ4v) is 2.35. The van der Waals surface area contributed by atoms with E-state index in [2.05, 4.69) is 28.3 Å². The monoisotopic (exact) mass is 337 g/mol. The minimum absolute atomic E-state index is 0.217. The molecule has 3 aromatic rings. The van der Waals surface area contributed by atoms with Crippen LogP contribution in [0.2, 0.25) is 5.02 Å². The van der Waals surface area contributed by atoms with Crippen molar-refractivity contribution in [1.82, 2.24) is 9.97 Å². The lowest BCUT2D eigenvalue weighted by Crippen LogP contribution is -2.12. The molecule has 2 aromatic heterocycles. The lowest BCUT2D eigenvalue weighted by Gasteiger charge is -2.06. The molecule has 0 spiro atoms. The van der Waals surface area contributed by atoms with Crippen LogP contribution in [0.15, 0.2) is 60.9 Å². The normalized spacial score (nSPS) is 10.4. The Hall–Kier alpha value is -2.72. The maximum atomic E-state index is 12.2. The highest BCUT2D eigenvalue weighted by molar-refractivity contribution is 6.30. The van der Waals surface area contributed by atoms with Crippen LogP contribution in [0.3, 0.4) is 0 Å². The Morgan fingerprint density at radius 3 is 2.38 bits per heavy atom. The van der Waals surface area contributed by atoms with Gasteiger partial charge in [-0.2, -0.15) is 0 Å². The molecule has 24 heavy (non-hydrogen) atoms. The fraction of sp³-hybridized carbons (Fsp3) is 0.105. The van der Waals surface area contributed by atoms with Crippen LogP contribution in [0.1, 0.15) is 22.8 Å². The van der Waals surface area contributed by atoms with Crippen LogP contribution >= 0.6 is 11.6 Å².